The Labute approximate surface area is 209 Å². The smallest absolute Gasteiger partial charge is 0.266 e. The van der Waals surface area contributed by atoms with Gasteiger partial charge in [0.25, 0.3) is 5.56 Å². The number of unbranched alkanes of at least 4 members (excludes halogenated alkanes) is 2. The van der Waals surface area contributed by atoms with E-state index < -0.39 is 0 Å². The molecule has 5 nitrogen and oxygen atoms in total. The van der Waals surface area contributed by atoms with Gasteiger partial charge >= 0.3 is 0 Å². The van der Waals surface area contributed by atoms with Crippen molar-refractivity contribution in [1.82, 2.24) is 14.5 Å². The average Bonchev–Trinajstić information content (AvgIpc) is 2.87. The summed E-state index contributed by atoms with van der Waals surface area (Å²) < 4.78 is 1.75. The van der Waals surface area contributed by atoms with Gasteiger partial charge in [0.15, 0.2) is 0 Å². The molecule has 1 atom stereocenters. The number of benzene rings is 2. The van der Waals surface area contributed by atoms with Gasteiger partial charge in [-0.3, -0.25) is 14.2 Å². The third-order valence-corrected chi connectivity index (χ3v) is 7.48. The summed E-state index contributed by atoms with van der Waals surface area (Å²) >= 11 is 0. The normalized spacial score (nSPS) is 15.3. The molecule has 4 rings (SSSR count). The lowest BCUT2D eigenvalue weighted by atomic mass is 9.88. The maximum atomic E-state index is 13.9. The maximum absolute atomic E-state index is 13.9. The molecule has 0 aliphatic heterocycles. The molecule has 5 heteroatoms. The van der Waals surface area contributed by atoms with Crippen LogP contribution in [0.25, 0.3) is 16.6 Å². The first-order valence-electron chi connectivity index (χ1n) is 13.3. The summed E-state index contributed by atoms with van der Waals surface area (Å²) in [5, 5.41) is 0.597. The third-order valence-electron chi connectivity index (χ3n) is 7.48. The van der Waals surface area contributed by atoms with Crippen LogP contribution in [0.2, 0.25) is 0 Å². The summed E-state index contributed by atoms with van der Waals surface area (Å²) in [5.41, 5.74) is 3.60. The van der Waals surface area contributed by atoms with Crippen molar-refractivity contribution in [1.29, 1.82) is 0 Å². The van der Waals surface area contributed by atoms with Crippen LogP contribution >= 0.6 is 0 Å². The van der Waals surface area contributed by atoms with E-state index in [4.69, 9.17) is 4.98 Å². The first-order chi connectivity index (χ1) is 16.9. The zero-order chi connectivity index (χ0) is 24.9. The number of para-hydroxylation sites is 1. The van der Waals surface area contributed by atoms with Crippen LogP contribution in [0.15, 0.2) is 47.3 Å². The van der Waals surface area contributed by atoms with Crippen molar-refractivity contribution in [2.24, 2.45) is 5.92 Å². The summed E-state index contributed by atoms with van der Waals surface area (Å²) in [5.74, 6) is 0.943. The predicted molar refractivity (Wildman–Crippen MR) is 143 cm³/mol. The van der Waals surface area contributed by atoms with Crippen molar-refractivity contribution in [3.05, 3.63) is 69.8 Å². The van der Waals surface area contributed by atoms with Crippen LogP contribution in [0.4, 0.5) is 0 Å². The molecular weight excluding hydrogens is 434 g/mol. The molecule has 1 aliphatic carbocycles. The van der Waals surface area contributed by atoms with Crippen LogP contribution in [0.3, 0.4) is 0 Å². The molecule has 0 N–H and O–H groups in total. The highest BCUT2D eigenvalue weighted by Crippen LogP contribution is 2.31. The van der Waals surface area contributed by atoms with Crippen molar-refractivity contribution in [3.63, 3.8) is 0 Å². The van der Waals surface area contributed by atoms with Crippen molar-refractivity contribution < 1.29 is 4.79 Å². The molecule has 1 heterocycles. The lowest BCUT2D eigenvalue weighted by molar-refractivity contribution is -0.139. The minimum absolute atomic E-state index is 0.0783. The largest absolute Gasteiger partial charge is 0.333 e. The van der Waals surface area contributed by atoms with Gasteiger partial charge in [-0.05, 0) is 63.8 Å². The van der Waals surface area contributed by atoms with E-state index in [1.807, 2.05) is 55.1 Å². The Morgan fingerprint density at radius 2 is 1.83 bits per heavy atom. The fourth-order valence-corrected chi connectivity index (χ4v) is 5.47. The fraction of sp³-hybridized carbons (Fsp3) is 0.500. The summed E-state index contributed by atoms with van der Waals surface area (Å²) in [6.45, 7) is 9.01. The molecule has 1 unspecified atom stereocenters. The molecule has 1 saturated carbocycles. The number of rotatable bonds is 8. The molecule has 0 saturated heterocycles. The van der Waals surface area contributed by atoms with E-state index in [9.17, 15) is 9.59 Å². The summed E-state index contributed by atoms with van der Waals surface area (Å²) in [4.78, 5) is 34.7. The monoisotopic (exact) mass is 473 g/mol. The standard InChI is InChI=1S/C30H39N3O2/c1-5-6-12-19-32(29(34)24-13-8-7-9-14-24)23(4)28-31-26-16-11-10-15-25(26)30(35)33(28)27-18-17-21(2)20-22(27)3/h10-11,15-18,20,23-24H,5-9,12-14,19H2,1-4H3. The fourth-order valence-electron chi connectivity index (χ4n) is 5.47. The molecular formula is C30H39N3O2. The van der Waals surface area contributed by atoms with Crippen molar-refractivity contribution in [2.45, 2.75) is 85.1 Å². The van der Waals surface area contributed by atoms with Crippen LogP contribution in [0.1, 0.15) is 88.2 Å². The Balaban J connectivity index is 1.86. The Morgan fingerprint density at radius 3 is 2.54 bits per heavy atom. The number of carbonyl (C=O) groups is 1. The van der Waals surface area contributed by atoms with Crippen molar-refractivity contribution in [2.75, 3.05) is 6.54 Å². The minimum Gasteiger partial charge on any atom is -0.333 e. The molecule has 186 valence electrons. The topological polar surface area (TPSA) is 55.2 Å². The maximum Gasteiger partial charge on any atom is 0.266 e. The minimum atomic E-state index is -0.306. The molecule has 1 aliphatic rings. The number of hydrogen-bond acceptors (Lipinski definition) is 3. The summed E-state index contributed by atoms with van der Waals surface area (Å²) in [7, 11) is 0. The van der Waals surface area contributed by atoms with Gasteiger partial charge < -0.3 is 4.90 Å². The van der Waals surface area contributed by atoms with Gasteiger partial charge in [0, 0.05) is 12.5 Å². The highest BCUT2D eigenvalue weighted by molar-refractivity contribution is 5.80. The highest BCUT2D eigenvalue weighted by atomic mass is 16.2. The summed E-state index contributed by atoms with van der Waals surface area (Å²) in [6.07, 6.45) is 8.52. The van der Waals surface area contributed by atoms with E-state index in [1.54, 1.807) is 4.57 Å². The van der Waals surface area contributed by atoms with E-state index in [-0.39, 0.29) is 23.4 Å². The van der Waals surface area contributed by atoms with E-state index in [0.717, 1.165) is 61.8 Å². The highest BCUT2D eigenvalue weighted by Gasteiger charge is 2.32. The van der Waals surface area contributed by atoms with Gasteiger partial charge in [0.05, 0.1) is 22.6 Å². The van der Waals surface area contributed by atoms with E-state index in [1.165, 1.54) is 6.42 Å². The lowest BCUT2D eigenvalue weighted by Gasteiger charge is -2.34. The SMILES string of the molecule is CCCCCN(C(=O)C1CCCCC1)C(C)c1nc2ccccc2c(=O)n1-c1ccc(C)cc1C. The van der Waals surface area contributed by atoms with Crippen LogP contribution in [0, 0.1) is 19.8 Å². The predicted octanol–water partition coefficient (Wildman–Crippen LogP) is 6.66. The number of fused-ring (bicyclic) bond motifs is 1. The Kier molecular flexibility index (Phi) is 8.04. The van der Waals surface area contributed by atoms with Crippen LogP contribution < -0.4 is 5.56 Å². The quantitative estimate of drug-likeness (QED) is 0.344. The van der Waals surface area contributed by atoms with Gasteiger partial charge in [0.1, 0.15) is 5.82 Å². The van der Waals surface area contributed by atoms with Gasteiger partial charge in [0.2, 0.25) is 5.91 Å². The zero-order valence-electron chi connectivity index (χ0n) is 21.7. The molecule has 1 aromatic heterocycles. The Morgan fingerprint density at radius 1 is 1.09 bits per heavy atom. The van der Waals surface area contributed by atoms with Crippen molar-refractivity contribution in [3.8, 4) is 5.69 Å². The first-order valence-corrected chi connectivity index (χ1v) is 13.3. The van der Waals surface area contributed by atoms with E-state index in [2.05, 4.69) is 19.9 Å². The Hall–Kier alpha value is -2.95. The lowest BCUT2D eigenvalue weighted by Crippen LogP contribution is -2.41. The van der Waals surface area contributed by atoms with Gasteiger partial charge in [-0.2, -0.15) is 0 Å². The van der Waals surface area contributed by atoms with Gasteiger partial charge in [-0.25, -0.2) is 4.98 Å². The third kappa shape index (κ3) is 5.34. The summed E-state index contributed by atoms with van der Waals surface area (Å²) in [6, 6.07) is 13.3. The van der Waals surface area contributed by atoms with Crippen LogP contribution in [0.5, 0.6) is 0 Å². The molecule has 3 aromatic rings. The first kappa shape index (κ1) is 25.2. The van der Waals surface area contributed by atoms with E-state index in [0.29, 0.717) is 23.3 Å². The average molecular weight is 474 g/mol. The van der Waals surface area contributed by atoms with Gasteiger partial charge in [-0.15, -0.1) is 0 Å². The molecule has 0 bridgehead atoms. The number of aryl methyl sites for hydroxylation is 2. The molecule has 0 radical (unpaired) electrons. The molecule has 1 fully saturated rings. The zero-order valence-corrected chi connectivity index (χ0v) is 21.7. The second-order valence-electron chi connectivity index (χ2n) is 10.2. The van der Waals surface area contributed by atoms with E-state index >= 15 is 0 Å². The number of amides is 1. The number of nitrogens with zero attached hydrogens (tertiary/aromatic N) is 3. The molecule has 2 aromatic carbocycles. The van der Waals surface area contributed by atoms with Gasteiger partial charge in [-0.1, -0.05) is 68.9 Å². The Bertz CT molecular complexity index is 1240. The van der Waals surface area contributed by atoms with Crippen molar-refractivity contribution >= 4 is 16.8 Å². The second-order valence-corrected chi connectivity index (χ2v) is 10.2. The second kappa shape index (κ2) is 11.2. The molecule has 1 amide bonds. The number of aromatic nitrogens is 2. The number of hydrogen-bond donors (Lipinski definition) is 0. The number of carbonyl (C=O) groups excluding carboxylic acids is 1. The molecule has 0 spiro atoms. The molecule has 35 heavy (non-hydrogen) atoms. The van der Waals surface area contributed by atoms with Crippen LogP contribution in [-0.4, -0.2) is 26.9 Å². The van der Waals surface area contributed by atoms with Crippen LogP contribution in [-0.2, 0) is 4.79 Å².